The molecular formula is C23H24ClF4N7. The van der Waals surface area contributed by atoms with Gasteiger partial charge in [-0.25, -0.2) is 9.37 Å². The lowest BCUT2D eigenvalue weighted by Gasteiger charge is -2.36. The van der Waals surface area contributed by atoms with E-state index in [1.165, 1.54) is 18.3 Å². The smallest absolute Gasteiger partial charge is 0.368 e. The summed E-state index contributed by atoms with van der Waals surface area (Å²) in [6.45, 7) is 1.51. The molecule has 3 heterocycles. The van der Waals surface area contributed by atoms with E-state index in [0.29, 0.717) is 44.4 Å². The Balaban J connectivity index is 1.34. The Morgan fingerprint density at radius 2 is 1.66 bits per heavy atom. The largest absolute Gasteiger partial charge is 0.419 e. The molecule has 0 amide bonds. The lowest BCUT2D eigenvalue weighted by molar-refractivity contribution is -0.137. The van der Waals surface area contributed by atoms with E-state index in [1.54, 1.807) is 17.0 Å². The molecule has 1 aliphatic rings. The van der Waals surface area contributed by atoms with Crippen LogP contribution in [0.15, 0.2) is 36.5 Å². The van der Waals surface area contributed by atoms with E-state index in [-0.39, 0.29) is 16.8 Å². The number of nitrogens with zero attached hydrogens (tertiary/aromatic N) is 6. The molecule has 12 heteroatoms. The molecule has 2 N–H and O–H groups in total. The fraction of sp³-hybridized carbons (Fsp3) is 0.391. The van der Waals surface area contributed by atoms with Crippen LogP contribution in [-0.2, 0) is 19.0 Å². The maximum atomic E-state index is 13.4. The summed E-state index contributed by atoms with van der Waals surface area (Å²) < 4.78 is 53.3. The quantitative estimate of drug-likeness (QED) is 0.369. The topological polar surface area (TPSA) is 84.1 Å². The summed E-state index contributed by atoms with van der Waals surface area (Å²) in [4.78, 5) is 20.4. The average molecular weight is 510 g/mol. The molecule has 1 fully saturated rings. The fourth-order valence-electron chi connectivity index (χ4n) is 3.97. The lowest BCUT2D eigenvalue weighted by atomic mass is 10.1. The molecule has 0 unspecified atom stereocenters. The van der Waals surface area contributed by atoms with Gasteiger partial charge in [0.25, 0.3) is 0 Å². The average Bonchev–Trinajstić information content (AvgIpc) is 2.83. The van der Waals surface area contributed by atoms with E-state index in [0.717, 1.165) is 30.9 Å². The first-order valence-corrected chi connectivity index (χ1v) is 11.5. The van der Waals surface area contributed by atoms with Crippen molar-refractivity contribution in [3.05, 3.63) is 64.3 Å². The van der Waals surface area contributed by atoms with E-state index < -0.39 is 17.6 Å². The first kappa shape index (κ1) is 24.9. The van der Waals surface area contributed by atoms with Crippen molar-refractivity contribution >= 4 is 29.3 Å². The second kappa shape index (κ2) is 10.6. The van der Waals surface area contributed by atoms with Crippen LogP contribution in [-0.4, -0.2) is 46.1 Å². The summed E-state index contributed by atoms with van der Waals surface area (Å²) in [6, 6.07) is 7.01. The predicted molar refractivity (Wildman–Crippen MR) is 126 cm³/mol. The summed E-state index contributed by atoms with van der Waals surface area (Å²) in [5.41, 5.74) is 6.10. The van der Waals surface area contributed by atoms with Crippen molar-refractivity contribution in [1.82, 2.24) is 19.9 Å². The van der Waals surface area contributed by atoms with Gasteiger partial charge in [-0.2, -0.15) is 28.1 Å². The number of nitrogens with two attached hydrogens (primary N) is 1. The third-order valence-corrected chi connectivity index (χ3v) is 6.03. The Labute approximate surface area is 205 Å². The zero-order valence-electron chi connectivity index (χ0n) is 18.8. The van der Waals surface area contributed by atoms with Crippen LogP contribution in [0.4, 0.5) is 35.3 Å². The number of unbranched alkanes of at least 4 members (excludes halogenated alkanes) is 1. The highest BCUT2D eigenvalue weighted by Gasteiger charge is 2.36. The standard InChI is InChI=1S/C23H24ClF4N7/c24-17-14-15(7-8-18(17)25)4-1-2-6-19-31-21(29)33-22(32-19)35-12-10-34(11-13-35)20-16(23(26,27)28)5-3-9-30-20/h3,5,7-9,14H,1-2,4,6,10-13H2,(H2,29,31,32,33). The first-order chi connectivity index (χ1) is 16.7. The SMILES string of the molecule is Nc1nc(CCCCc2ccc(F)c(Cl)c2)nc(N2CCN(c3ncccc3C(F)(F)F)CC2)n1. The molecule has 0 atom stereocenters. The van der Waals surface area contributed by atoms with Gasteiger partial charge < -0.3 is 15.5 Å². The molecule has 7 nitrogen and oxygen atoms in total. The molecule has 0 spiro atoms. The van der Waals surface area contributed by atoms with Gasteiger partial charge in [0, 0.05) is 38.8 Å². The molecule has 1 aliphatic heterocycles. The highest BCUT2D eigenvalue weighted by atomic mass is 35.5. The second-order valence-electron chi connectivity index (χ2n) is 8.21. The number of nitrogen functional groups attached to an aromatic ring is 1. The number of rotatable bonds is 7. The van der Waals surface area contributed by atoms with Gasteiger partial charge >= 0.3 is 6.18 Å². The predicted octanol–water partition coefficient (Wildman–Crippen LogP) is 4.55. The summed E-state index contributed by atoms with van der Waals surface area (Å²) in [7, 11) is 0. The van der Waals surface area contributed by atoms with E-state index in [1.807, 2.05) is 4.90 Å². The Hall–Kier alpha value is -3.21. The van der Waals surface area contributed by atoms with Crippen LogP contribution in [0.5, 0.6) is 0 Å². The number of hydrogen-bond acceptors (Lipinski definition) is 7. The van der Waals surface area contributed by atoms with Gasteiger partial charge in [-0.3, -0.25) is 0 Å². The molecule has 35 heavy (non-hydrogen) atoms. The minimum Gasteiger partial charge on any atom is -0.368 e. The Bertz CT molecular complexity index is 1170. The van der Waals surface area contributed by atoms with Crippen molar-refractivity contribution in [2.24, 2.45) is 0 Å². The highest BCUT2D eigenvalue weighted by Crippen LogP contribution is 2.35. The zero-order valence-corrected chi connectivity index (χ0v) is 19.5. The van der Waals surface area contributed by atoms with E-state index in [9.17, 15) is 17.6 Å². The number of halogens is 5. The number of piperazine rings is 1. The van der Waals surface area contributed by atoms with Gasteiger partial charge in [0.15, 0.2) is 0 Å². The first-order valence-electron chi connectivity index (χ1n) is 11.2. The van der Waals surface area contributed by atoms with E-state index >= 15 is 0 Å². The second-order valence-corrected chi connectivity index (χ2v) is 8.62. The van der Waals surface area contributed by atoms with Crippen LogP contribution in [0.3, 0.4) is 0 Å². The molecule has 0 aliphatic carbocycles. The fourth-order valence-corrected chi connectivity index (χ4v) is 4.18. The van der Waals surface area contributed by atoms with Crippen LogP contribution in [0.2, 0.25) is 5.02 Å². The van der Waals surface area contributed by atoms with E-state index in [2.05, 4.69) is 19.9 Å². The maximum absolute atomic E-state index is 13.4. The lowest BCUT2D eigenvalue weighted by Crippen LogP contribution is -2.48. The number of hydrogen-bond donors (Lipinski definition) is 1. The third-order valence-electron chi connectivity index (χ3n) is 5.74. The Morgan fingerprint density at radius 1 is 0.943 bits per heavy atom. The van der Waals surface area contributed by atoms with Gasteiger partial charge in [-0.1, -0.05) is 17.7 Å². The molecule has 186 valence electrons. The Kier molecular flexibility index (Phi) is 7.54. The van der Waals surface area contributed by atoms with Crippen molar-refractivity contribution in [1.29, 1.82) is 0 Å². The van der Waals surface area contributed by atoms with Gasteiger partial charge in [-0.15, -0.1) is 0 Å². The summed E-state index contributed by atoms with van der Waals surface area (Å²) in [5.74, 6) is 0.552. The molecule has 1 saturated heterocycles. The maximum Gasteiger partial charge on any atom is 0.419 e. The van der Waals surface area contributed by atoms with Crippen LogP contribution in [0.25, 0.3) is 0 Å². The monoisotopic (exact) mass is 509 g/mol. The Morgan fingerprint density at radius 3 is 2.37 bits per heavy atom. The van der Waals surface area contributed by atoms with Crippen molar-refractivity contribution in [2.75, 3.05) is 41.7 Å². The number of benzene rings is 1. The van der Waals surface area contributed by atoms with Crippen LogP contribution in [0.1, 0.15) is 29.8 Å². The molecule has 0 radical (unpaired) electrons. The van der Waals surface area contributed by atoms with Crippen molar-refractivity contribution in [3.63, 3.8) is 0 Å². The van der Waals surface area contributed by atoms with Crippen molar-refractivity contribution in [2.45, 2.75) is 31.9 Å². The van der Waals surface area contributed by atoms with Crippen molar-refractivity contribution < 1.29 is 17.6 Å². The molecular weight excluding hydrogens is 486 g/mol. The number of anilines is 3. The minimum absolute atomic E-state index is 0.0714. The normalized spacial score (nSPS) is 14.4. The van der Waals surface area contributed by atoms with Crippen LogP contribution < -0.4 is 15.5 Å². The van der Waals surface area contributed by atoms with Gasteiger partial charge in [0.1, 0.15) is 17.5 Å². The molecule has 3 aromatic rings. The van der Waals surface area contributed by atoms with Gasteiger partial charge in [-0.05, 0) is 49.1 Å². The van der Waals surface area contributed by atoms with E-state index in [4.69, 9.17) is 17.3 Å². The number of pyridine rings is 1. The third kappa shape index (κ3) is 6.27. The summed E-state index contributed by atoms with van der Waals surface area (Å²) in [5, 5.41) is 0.107. The number of aryl methyl sites for hydroxylation is 2. The van der Waals surface area contributed by atoms with Crippen LogP contribution in [0, 0.1) is 5.82 Å². The van der Waals surface area contributed by atoms with Gasteiger partial charge in [0.2, 0.25) is 11.9 Å². The molecule has 0 saturated carbocycles. The van der Waals surface area contributed by atoms with Gasteiger partial charge in [0.05, 0.1) is 10.6 Å². The van der Waals surface area contributed by atoms with Crippen LogP contribution >= 0.6 is 11.6 Å². The minimum atomic E-state index is -4.47. The summed E-state index contributed by atoms with van der Waals surface area (Å²) >= 11 is 5.83. The molecule has 1 aromatic carbocycles. The molecule has 2 aromatic heterocycles. The highest BCUT2D eigenvalue weighted by molar-refractivity contribution is 6.30. The number of aromatic nitrogens is 4. The molecule has 0 bridgehead atoms. The zero-order chi connectivity index (χ0) is 25.0. The molecule has 4 rings (SSSR count). The number of alkyl halides is 3. The summed E-state index contributed by atoms with van der Waals surface area (Å²) in [6.07, 6.45) is -0.180. The van der Waals surface area contributed by atoms with Crippen molar-refractivity contribution in [3.8, 4) is 0 Å².